The van der Waals surface area contributed by atoms with Crippen molar-refractivity contribution in [2.75, 3.05) is 17.3 Å². The first-order valence-corrected chi connectivity index (χ1v) is 11.7. The van der Waals surface area contributed by atoms with E-state index >= 15 is 0 Å². The van der Waals surface area contributed by atoms with Crippen LogP contribution in [0.25, 0.3) is 0 Å². The Balaban J connectivity index is 1.84. The first kappa shape index (κ1) is 22.0. The van der Waals surface area contributed by atoms with Gasteiger partial charge >= 0.3 is 5.97 Å². The second kappa shape index (κ2) is 10.9. The SMILES string of the molecule is CCCCN(C1=CCC(C2CC=CC2)C1)c1ccc(C(=O)O)cc1CCCCCl. The van der Waals surface area contributed by atoms with Gasteiger partial charge in [0.2, 0.25) is 0 Å². The minimum atomic E-state index is -0.857. The third-order valence-electron chi connectivity index (χ3n) is 6.37. The van der Waals surface area contributed by atoms with Crippen molar-refractivity contribution in [2.45, 2.75) is 64.7 Å². The highest BCUT2D eigenvalue weighted by molar-refractivity contribution is 6.17. The summed E-state index contributed by atoms with van der Waals surface area (Å²) in [6.45, 7) is 3.22. The first-order valence-electron chi connectivity index (χ1n) is 11.2. The number of nitrogens with zero attached hydrogens (tertiary/aromatic N) is 1. The van der Waals surface area contributed by atoms with Gasteiger partial charge in [-0.2, -0.15) is 0 Å². The van der Waals surface area contributed by atoms with Crippen molar-refractivity contribution >= 4 is 23.3 Å². The molecule has 3 nitrogen and oxygen atoms in total. The third-order valence-corrected chi connectivity index (χ3v) is 6.63. The van der Waals surface area contributed by atoms with Crippen LogP contribution in [0, 0.1) is 11.8 Å². The smallest absolute Gasteiger partial charge is 0.335 e. The number of carboxylic acids is 1. The van der Waals surface area contributed by atoms with E-state index in [2.05, 4.69) is 30.1 Å². The Morgan fingerprint density at radius 1 is 1.14 bits per heavy atom. The maximum absolute atomic E-state index is 11.5. The number of benzene rings is 1. The topological polar surface area (TPSA) is 40.5 Å². The number of alkyl halides is 1. The summed E-state index contributed by atoms with van der Waals surface area (Å²) >= 11 is 5.88. The number of hydrogen-bond acceptors (Lipinski definition) is 2. The minimum Gasteiger partial charge on any atom is -0.478 e. The van der Waals surface area contributed by atoms with E-state index in [0.29, 0.717) is 11.4 Å². The summed E-state index contributed by atoms with van der Waals surface area (Å²) in [5.41, 5.74) is 4.13. The van der Waals surface area contributed by atoms with Crippen molar-refractivity contribution in [3.8, 4) is 0 Å². The van der Waals surface area contributed by atoms with Gasteiger partial charge in [-0.05, 0) is 87.0 Å². The van der Waals surface area contributed by atoms with Gasteiger partial charge in [-0.3, -0.25) is 0 Å². The highest BCUT2D eigenvalue weighted by Gasteiger charge is 2.29. The fourth-order valence-electron chi connectivity index (χ4n) is 4.65. The number of carbonyl (C=O) groups is 1. The molecule has 0 bridgehead atoms. The van der Waals surface area contributed by atoms with Crippen LogP contribution in [0.15, 0.2) is 42.1 Å². The molecule has 1 aromatic carbocycles. The fourth-order valence-corrected chi connectivity index (χ4v) is 4.84. The highest BCUT2D eigenvalue weighted by atomic mass is 35.5. The number of carboxylic acid groups (broad SMARTS) is 1. The number of aromatic carboxylic acids is 1. The van der Waals surface area contributed by atoms with Crippen LogP contribution >= 0.6 is 11.6 Å². The van der Waals surface area contributed by atoms with Gasteiger partial charge in [0.25, 0.3) is 0 Å². The van der Waals surface area contributed by atoms with Crippen LogP contribution in [0.2, 0.25) is 0 Å². The van der Waals surface area contributed by atoms with Crippen molar-refractivity contribution in [1.29, 1.82) is 0 Å². The van der Waals surface area contributed by atoms with Crippen molar-refractivity contribution in [3.63, 3.8) is 0 Å². The Labute approximate surface area is 180 Å². The van der Waals surface area contributed by atoms with Crippen LogP contribution in [-0.4, -0.2) is 23.5 Å². The number of hydrogen-bond donors (Lipinski definition) is 1. The van der Waals surface area contributed by atoms with Crippen molar-refractivity contribution in [2.24, 2.45) is 11.8 Å². The lowest BCUT2D eigenvalue weighted by Gasteiger charge is -2.30. The molecular weight excluding hydrogens is 382 g/mol. The average Bonchev–Trinajstić information content (AvgIpc) is 3.41. The Morgan fingerprint density at radius 3 is 2.62 bits per heavy atom. The van der Waals surface area contributed by atoms with Crippen LogP contribution in [0.3, 0.4) is 0 Å². The number of aryl methyl sites for hydroxylation is 1. The van der Waals surface area contributed by atoms with E-state index in [-0.39, 0.29) is 0 Å². The Bertz CT molecular complexity index is 747. The van der Waals surface area contributed by atoms with Crippen LogP contribution < -0.4 is 4.90 Å². The summed E-state index contributed by atoms with van der Waals surface area (Å²) in [5.74, 6) is 1.32. The molecule has 1 N–H and O–H groups in total. The zero-order valence-corrected chi connectivity index (χ0v) is 18.3. The molecule has 0 radical (unpaired) electrons. The Morgan fingerprint density at radius 2 is 1.93 bits per heavy atom. The van der Waals surface area contributed by atoms with E-state index in [0.717, 1.165) is 62.5 Å². The second-order valence-corrected chi connectivity index (χ2v) is 8.78. The van der Waals surface area contributed by atoms with Gasteiger partial charge in [0.1, 0.15) is 0 Å². The molecule has 2 aliphatic carbocycles. The van der Waals surface area contributed by atoms with E-state index in [4.69, 9.17) is 11.6 Å². The van der Waals surface area contributed by atoms with E-state index in [1.807, 2.05) is 12.1 Å². The Kier molecular flexibility index (Phi) is 8.23. The molecule has 29 heavy (non-hydrogen) atoms. The van der Waals surface area contributed by atoms with Crippen LogP contribution in [0.5, 0.6) is 0 Å². The van der Waals surface area contributed by atoms with Gasteiger partial charge in [-0.1, -0.05) is 31.6 Å². The first-order chi connectivity index (χ1) is 14.1. The standard InChI is InChI=1S/C25H34ClNO2/c1-2-3-16-27(23-13-11-20(18-23)19-8-4-5-9-19)24-14-12-22(25(28)29)17-21(24)10-6-7-15-26/h4-5,12-14,17,19-20H,2-3,6-11,15-16,18H2,1H3,(H,28,29). The number of allylic oxidation sites excluding steroid dienone is 4. The predicted octanol–water partition coefficient (Wildman–Crippen LogP) is 6.81. The average molecular weight is 416 g/mol. The Hall–Kier alpha value is -1.74. The van der Waals surface area contributed by atoms with Crippen LogP contribution in [0.4, 0.5) is 5.69 Å². The lowest BCUT2D eigenvalue weighted by Crippen LogP contribution is -2.25. The van der Waals surface area contributed by atoms with Crippen molar-refractivity contribution in [3.05, 3.63) is 53.3 Å². The van der Waals surface area contributed by atoms with Gasteiger partial charge in [0.05, 0.1) is 5.56 Å². The highest BCUT2D eigenvalue weighted by Crippen LogP contribution is 2.40. The van der Waals surface area contributed by atoms with Crippen molar-refractivity contribution < 1.29 is 9.90 Å². The lowest BCUT2D eigenvalue weighted by molar-refractivity contribution is 0.0697. The summed E-state index contributed by atoms with van der Waals surface area (Å²) in [5, 5.41) is 9.47. The fraction of sp³-hybridized carbons (Fsp3) is 0.560. The van der Waals surface area contributed by atoms with E-state index < -0.39 is 5.97 Å². The number of rotatable bonds is 11. The number of halogens is 1. The molecule has 0 saturated carbocycles. The zero-order chi connectivity index (χ0) is 20.6. The predicted molar refractivity (Wildman–Crippen MR) is 122 cm³/mol. The van der Waals surface area contributed by atoms with Gasteiger partial charge in [0.15, 0.2) is 0 Å². The summed E-state index contributed by atoms with van der Waals surface area (Å²) in [6.07, 6.45) is 16.9. The molecule has 0 fully saturated rings. The van der Waals surface area contributed by atoms with E-state index in [9.17, 15) is 9.90 Å². The van der Waals surface area contributed by atoms with Crippen LogP contribution in [0.1, 0.15) is 74.2 Å². The molecule has 2 aliphatic rings. The molecule has 0 spiro atoms. The molecule has 1 unspecified atom stereocenters. The normalized spacial score (nSPS) is 19.0. The van der Waals surface area contributed by atoms with E-state index in [1.54, 1.807) is 6.07 Å². The molecular formula is C25H34ClNO2. The molecule has 0 aliphatic heterocycles. The van der Waals surface area contributed by atoms with Crippen molar-refractivity contribution in [1.82, 2.24) is 0 Å². The molecule has 1 aromatic rings. The van der Waals surface area contributed by atoms with E-state index in [1.165, 1.54) is 30.6 Å². The molecule has 0 amide bonds. The van der Waals surface area contributed by atoms with Gasteiger partial charge in [0, 0.05) is 23.8 Å². The molecule has 0 saturated heterocycles. The molecule has 1 atom stereocenters. The summed E-state index contributed by atoms with van der Waals surface area (Å²) < 4.78 is 0. The lowest BCUT2D eigenvalue weighted by atomic mass is 9.88. The van der Waals surface area contributed by atoms with Crippen LogP contribution in [-0.2, 0) is 6.42 Å². The molecule has 3 rings (SSSR count). The number of unbranched alkanes of at least 4 members (excludes halogenated alkanes) is 2. The minimum absolute atomic E-state index is 0.375. The maximum atomic E-state index is 11.5. The summed E-state index contributed by atoms with van der Waals surface area (Å²) in [4.78, 5) is 14.0. The largest absolute Gasteiger partial charge is 0.478 e. The summed E-state index contributed by atoms with van der Waals surface area (Å²) in [7, 11) is 0. The zero-order valence-electron chi connectivity index (χ0n) is 17.6. The molecule has 4 heteroatoms. The maximum Gasteiger partial charge on any atom is 0.335 e. The molecule has 158 valence electrons. The third kappa shape index (κ3) is 5.66. The molecule has 0 heterocycles. The monoisotopic (exact) mass is 415 g/mol. The quantitative estimate of drug-likeness (QED) is 0.245. The number of anilines is 1. The second-order valence-electron chi connectivity index (χ2n) is 8.40. The van der Waals surface area contributed by atoms with Gasteiger partial charge in [-0.15, -0.1) is 11.6 Å². The van der Waals surface area contributed by atoms with Gasteiger partial charge in [-0.25, -0.2) is 4.79 Å². The van der Waals surface area contributed by atoms with Gasteiger partial charge < -0.3 is 10.0 Å². The molecule has 0 aromatic heterocycles. The summed E-state index contributed by atoms with van der Waals surface area (Å²) in [6, 6.07) is 5.66.